The quantitative estimate of drug-likeness (QED) is 0.196. The van der Waals surface area contributed by atoms with Crippen LogP contribution in [0.25, 0.3) is 22.5 Å². The molecule has 5 rings (SSSR count). The van der Waals surface area contributed by atoms with E-state index in [-0.39, 0.29) is 36.8 Å². The second kappa shape index (κ2) is 12.7. The van der Waals surface area contributed by atoms with E-state index in [1.54, 1.807) is 66.9 Å². The summed E-state index contributed by atoms with van der Waals surface area (Å²) in [6.45, 7) is -4.53. The molecule has 0 N–H and O–H groups in total. The molecule has 5 aromatic rings. The molecular weight excluding hydrogens is 593 g/mol. The fraction of sp³-hybridized carbons (Fsp3) is 0.0968. The summed E-state index contributed by atoms with van der Waals surface area (Å²) < 4.78 is 62.1. The number of pyridine rings is 2. The Morgan fingerprint density at radius 3 is 2.29 bits per heavy atom. The van der Waals surface area contributed by atoms with Gasteiger partial charge in [0.2, 0.25) is 0 Å². The van der Waals surface area contributed by atoms with Gasteiger partial charge in [-0.2, -0.15) is 0 Å². The molecule has 0 fully saturated rings. The van der Waals surface area contributed by atoms with Crippen molar-refractivity contribution in [2.75, 3.05) is 0 Å². The number of rotatable bonds is 4. The van der Waals surface area contributed by atoms with Crippen molar-refractivity contribution in [1.82, 2.24) is 9.97 Å². The molecule has 0 aliphatic heterocycles. The molecule has 0 atom stereocenters. The van der Waals surface area contributed by atoms with Gasteiger partial charge in [0, 0.05) is 43.5 Å². The number of aromatic nitrogens is 2. The van der Waals surface area contributed by atoms with Crippen LogP contribution < -0.4 is 0 Å². The number of nitrogens with zero attached hydrogens (tertiary/aromatic N) is 2. The summed E-state index contributed by atoms with van der Waals surface area (Å²) in [5.41, 5.74) is 3.49. The molecule has 3 aromatic carbocycles. The zero-order chi connectivity index (χ0) is 29.7. The maximum atomic E-state index is 8.57. The molecule has 171 valence electrons. The van der Waals surface area contributed by atoms with Crippen LogP contribution >= 0.6 is 0 Å². The molecule has 0 spiro atoms. The Morgan fingerprint density at radius 1 is 0.794 bits per heavy atom. The van der Waals surface area contributed by atoms with Crippen LogP contribution in [0.2, 0.25) is 0 Å². The second-order valence-corrected chi connectivity index (χ2v) is 7.09. The van der Waals surface area contributed by atoms with Gasteiger partial charge in [-0.3, -0.25) is 0 Å². The number of aryl methyl sites for hydroxylation is 2. The third-order valence-corrected chi connectivity index (χ3v) is 4.69. The Hall–Kier alpha value is -3.39. The van der Waals surface area contributed by atoms with Crippen molar-refractivity contribution >= 4 is 0 Å². The summed E-state index contributed by atoms with van der Waals surface area (Å²) in [7, 11) is 0. The molecule has 1 radical (unpaired) electrons. The standard InChI is InChI=1S/C19H16N.C12H10N.Ir/c1-15-10-11-17(19-9-5-6-12-20-19)14-18(15)13-16-7-3-2-4-8-16;1-10-7-8-12(13-9-10)11-5-3-2-4-6-11;/h2-10,12,14H,13H2,1H3;2-5,7-9H,1H3;/q2*-1;/i1D3,13D2;1D3;. The minimum absolute atomic E-state index is 0. The minimum Gasteiger partial charge on any atom is -0.305 e. The molecule has 3 heteroatoms. The van der Waals surface area contributed by atoms with Crippen LogP contribution in [0.3, 0.4) is 0 Å². The summed E-state index contributed by atoms with van der Waals surface area (Å²) >= 11 is 0. The van der Waals surface area contributed by atoms with E-state index in [0.29, 0.717) is 16.8 Å². The first kappa shape index (κ1) is 16.3. The summed E-state index contributed by atoms with van der Waals surface area (Å²) in [5, 5.41) is 0. The summed E-state index contributed by atoms with van der Waals surface area (Å²) in [4.78, 5) is 8.37. The van der Waals surface area contributed by atoms with Gasteiger partial charge in [-0.1, -0.05) is 61.4 Å². The van der Waals surface area contributed by atoms with Crippen LogP contribution in [-0.4, -0.2) is 9.97 Å². The Balaban J connectivity index is 0.000000247. The van der Waals surface area contributed by atoms with Crippen molar-refractivity contribution < 1.29 is 31.1 Å². The van der Waals surface area contributed by atoms with Gasteiger partial charge in [0.15, 0.2) is 0 Å². The zero-order valence-corrected chi connectivity index (χ0v) is 20.5. The predicted molar refractivity (Wildman–Crippen MR) is 136 cm³/mol. The zero-order valence-electron chi connectivity index (χ0n) is 26.1. The van der Waals surface area contributed by atoms with Crippen LogP contribution in [0.5, 0.6) is 0 Å². The van der Waals surface area contributed by atoms with Crippen molar-refractivity contribution in [3.8, 4) is 22.5 Å². The van der Waals surface area contributed by atoms with Gasteiger partial charge >= 0.3 is 0 Å². The maximum absolute atomic E-state index is 8.57. The van der Waals surface area contributed by atoms with Gasteiger partial charge in [0.1, 0.15) is 0 Å². The van der Waals surface area contributed by atoms with E-state index < -0.39 is 20.1 Å². The van der Waals surface area contributed by atoms with Gasteiger partial charge in [0.25, 0.3) is 0 Å². The topological polar surface area (TPSA) is 25.8 Å². The molecule has 0 bridgehead atoms. The third kappa shape index (κ3) is 7.05. The van der Waals surface area contributed by atoms with Crippen LogP contribution in [0, 0.1) is 25.8 Å². The molecule has 0 amide bonds. The Bertz CT molecular complexity index is 1560. The molecule has 2 nitrogen and oxygen atoms in total. The normalized spacial score (nSPS) is 14.6. The van der Waals surface area contributed by atoms with Gasteiger partial charge in [0.05, 0.1) is 0 Å². The van der Waals surface area contributed by atoms with Crippen molar-refractivity contribution in [2.45, 2.75) is 20.1 Å². The van der Waals surface area contributed by atoms with Crippen molar-refractivity contribution in [3.63, 3.8) is 0 Å². The van der Waals surface area contributed by atoms with E-state index in [2.05, 4.69) is 22.1 Å². The molecule has 0 aliphatic rings. The van der Waals surface area contributed by atoms with Crippen LogP contribution in [0.15, 0.2) is 109 Å². The van der Waals surface area contributed by atoms with E-state index in [1.165, 1.54) is 18.3 Å². The molecule has 0 saturated heterocycles. The molecule has 0 unspecified atom stereocenters. The van der Waals surface area contributed by atoms with Gasteiger partial charge in [-0.25, -0.2) is 0 Å². The van der Waals surface area contributed by atoms with E-state index >= 15 is 0 Å². The third-order valence-electron chi connectivity index (χ3n) is 4.69. The van der Waals surface area contributed by atoms with Gasteiger partial charge in [-0.15, -0.1) is 70.8 Å². The van der Waals surface area contributed by atoms with Crippen LogP contribution in [0.4, 0.5) is 0 Å². The molecule has 34 heavy (non-hydrogen) atoms. The fourth-order valence-electron chi connectivity index (χ4n) is 3.05. The minimum atomic E-state index is -2.43. The average Bonchev–Trinajstić information content (AvgIpc) is 2.98. The van der Waals surface area contributed by atoms with E-state index in [9.17, 15) is 0 Å². The predicted octanol–water partition coefficient (Wildman–Crippen LogP) is 7.30. The number of hydrogen-bond donors (Lipinski definition) is 0. The number of hydrogen-bond acceptors (Lipinski definition) is 2. The first-order chi connectivity index (χ1) is 19.4. The van der Waals surface area contributed by atoms with Crippen LogP contribution in [0.1, 0.15) is 33.2 Å². The van der Waals surface area contributed by atoms with E-state index in [1.807, 2.05) is 24.3 Å². The van der Waals surface area contributed by atoms with Gasteiger partial charge in [-0.05, 0) is 41.8 Å². The summed E-state index contributed by atoms with van der Waals surface area (Å²) in [6, 6.07) is 33.6. The van der Waals surface area contributed by atoms with Crippen molar-refractivity contribution in [2.24, 2.45) is 0 Å². The summed E-state index contributed by atoms with van der Waals surface area (Å²) in [6.07, 6.45) is 1.07. The first-order valence-corrected chi connectivity index (χ1v) is 10.3. The fourth-order valence-corrected chi connectivity index (χ4v) is 3.05. The molecular formula is C31H26IrN2-2. The average molecular weight is 627 g/mol. The van der Waals surface area contributed by atoms with Gasteiger partial charge < -0.3 is 9.97 Å². The smallest absolute Gasteiger partial charge is 0.0349 e. The van der Waals surface area contributed by atoms with E-state index in [4.69, 9.17) is 11.0 Å². The second-order valence-electron chi connectivity index (χ2n) is 7.09. The Morgan fingerprint density at radius 2 is 1.62 bits per heavy atom. The van der Waals surface area contributed by atoms with Crippen molar-refractivity contribution in [3.05, 3.63) is 144 Å². The molecule has 2 heterocycles. The Kier molecular flexibility index (Phi) is 6.10. The molecule has 2 aromatic heterocycles. The van der Waals surface area contributed by atoms with Crippen LogP contribution in [-0.2, 0) is 26.5 Å². The van der Waals surface area contributed by atoms with E-state index in [0.717, 1.165) is 11.3 Å². The Labute approximate surface area is 227 Å². The van der Waals surface area contributed by atoms with Crippen molar-refractivity contribution in [1.29, 1.82) is 0 Å². The SMILES string of the molecule is [2H]C([2H])([2H])c1c[c-]c(-c2ccccn2)cc1C([2H])([2H])c1ccccc1.[2H]C([2H])([2H])c1ccc(-c2[c-]cccc2)nc1.[Ir]. The number of benzene rings is 3. The molecule has 0 aliphatic carbocycles. The monoisotopic (exact) mass is 627 g/mol. The largest absolute Gasteiger partial charge is 0.305 e. The molecule has 0 saturated carbocycles. The first-order valence-electron chi connectivity index (χ1n) is 14.3. The maximum Gasteiger partial charge on any atom is 0.0349 e. The summed E-state index contributed by atoms with van der Waals surface area (Å²) in [5.74, 6) is 0.